The number of anilines is 2. The third-order valence-corrected chi connectivity index (χ3v) is 8.40. The van der Waals surface area contributed by atoms with E-state index in [2.05, 4.69) is 4.72 Å². The smallest absolute Gasteiger partial charge is 0.262 e. The second kappa shape index (κ2) is 7.40. The lowest BCUT2D eigenvalue weighted by Crippen LogP contribution is -2.38. The first-order chi connectivity index (χ1) is 13.0. The Kier molecular flexibility index (Phi) is 5.46. The Morgan fingerprint density at radius 1 is 0.929 bits per heavy atom. The maximum Gasteiger partial charge on any atom is 0.262 e. The SMILES string of the molecule is Cc1ccc(C)c(NS(=O)(=O)c2cc(C)c(N3CCCCS3(=O)=O)cc2C)c1. The fraction of sp³-hybridized carbons (Fsp3) is 0.400. The zero-order valence-electron chi connectivity index (χ0n) is 16.6. The average molecular weight is 423 g/mol. The summed E-state index contributed by atoms with van der Waals surface area (Å²) in [7, 11) is -7.15. The van der Waals surface area contributed by atoms with Crippen molar-refractivity contribution in [2.24, 2.45) is 0 Å². The van der Waals surface area contributed by atoms with Crippen LogP contribution in [0.5, 0.6) is 0 Å². The molecule has 1 heterocycles. The van der Waals surface area contributed by atoms with Crippen LogP contribution >= 0.6 is 0 Å². The fourth-order valence-corrected chi connectivity index (χ4v) is 6.56. The van der Waals surface area contributed by atoms with E-state index in [0.29, 0.717) is 35.5 Å². The highest BCUT2D eigenvalue weighted by molar-refractivity contribution is 7.93. The molecule has 1 aliphatic rings. The first-order valence-corrected chi connectivity index (χ1v) is 12.3. The molecule has 0 radical (unpaired) electrons. The van der Waals surface area contributed by atoms with Gasteiger partial charge in [-0.2, -0.15) is 0 Å². The van der Waals surface area contributed by atoms with Crippen molar-refractivity contribution in [3.63, 3.8) is 0 Å². The minimum absolute atomic E-state index is 0.125. The molecule has 0 atom stereocenters. The van der Waals surface area contributed by atoms with E-state index >= 15 is 0 Å². The van der Waals surface area contributed by atoms with Gasteiger partial charge < -0.3 is 0 Å². The van der Waals surface area contributed by atoms with Crippen molar-refractivity contribution in [3.8, 4) is 0 Å². The normalized spacial score (nSPS) is 16.8. The number of aryl methyl sites for hydroxylation is 4. The van der Waals surface area contributed by atoms with E-state index in [-0.39, 0.29) is 10.6 Å². The summed E-state index contributed by atoms with van der Waals surface area (Å²) in [4.78, 5) is 0.157. The number of sulfonamides is 2. The molecule has 6 nitrogen and oxygen atoms in total. The molecule has 0 spiro atoms. The maximum absolute atomic E-state index is 13.0. The molecule has 0 aromatic heterocycles. The minimum atomic E-state index is -3.80. The largest absolute Gasteiger partial charge is 0.279 e. The van der Waals surface area contributed by atoms with Crippen molar-refractivity contribution in [1.29, 1.82) is 0 Å². The molecule has 2 aromatic rings. The molecule has 0 bridgehead atoms. The number of nitrogens with one attached hydrogen (secondary N) is 1. The zero-order valence-corrected chi connectivity index (χ0v) is 18.2. The zero-order chi connectivity index (χ0) is 20.7. The summed E-state index contributed by atoms with van der Waals surface area (Å²) in [5.41, 5.74) is 4.03. The third-order valence-electron chi connectivity index (χ3n) is 5.04. The quantitative estimate of drug-likeness (QED) is 0.815. The fourth-order valence-electron chi connectivity index (χ4n) is 3.44. The summed E-state index contributed by atoms with van der Waals surface area (Å²) >= 11 is 0. The molecular formula is C20H26N2O4S2. The molecule has 0 amide bonds. The molecular weight excluding hydrogens is 396 g/mol. The Balaban J connectivity index is 2.01. The van der Waals surface area contributed by atoms with Gasteiger partial charge in [-0.05, 0) is 81.0 Å². The van der Waals surface area contributed by atoms with E-state index in [0.717, 1.165) is 17.5 Å². The van der Waals surface area contributed by atoms with Crippen LogP contribution in [-0.4, -0.2) is 29.1 Å². The van der Waals surface area contributed by atoms with Crippen LogP contribution in [0.25, 0.3) is 0 Å². The van der Waals surface area contributed by atoms with Crippen molar-refractivity contribution in [1.82, 2.24) is 0 Å². The number of hydrogen-bond acceptors (Lipinski definition) is 4. The Hall–Kier alpha value is -2.06. The highest BCUT2D eigenvalue weighted by Gasteiger charge is 2.29. The number of nitrogens with zero attached hydrogens (tertiary/aromatic N) is 1. The van der Waals surface area contributed by atoms with Crippen LogP contribution < -0.4 is 9.03 Å². The highest BCUT2D eigenvalue weighted by atomic mass is 32.2. The van der Waals surface area contributed by atoms with Crippen LogP contribution in [-0.2, 0) is 20.0 Å². The van der Waals surface area contributed by atoms with Gasteiger partial charge in [0.25, 0.3) is 10.0 Å². The summed E-state index contributed by atoms with van der Waals surface area (Å²) in [6.07, 6.45) is 1.45. The van der Waals surface area contributed by atoms with Crippen LogP contribution in [0, 0.1) is 27.7 Å². The molecule has 0 unspecified atom stereocenters. The van der Waals surface area contributed by atoms with Gasteiger partial charge in [0.15, 0.2) is 0 Å². The second-order valence-electron chi connectivity index (χ2n) is 7.42. The Morgan fingerprint density at radius 2 is 1.64 bits per heavy atom. The van der Waals surface area contributed by atoms with E-state index < -0.39 is 20.0 Å². The van der Waals surface area contributed by atoms with E-state index in [4.69, 9.17) is 0 Å². The van der Waals surface area contributed by atoms with E-state index in [1.54, 1.807) is 32.0 Å². The molecule has 152 valence electrons. The molecule has 0 aliphatic carbocycles. The molecule has 0 saturated carbocycles. The summed E-state index contributed by atoms with van der Waals surface area (Å²) in [6.45, 7) is 7.61. The first kappa shape index (κ1) is 20.7. The van der Waals surface area contributed by atoms with Gasteiger partial charge >= 0.3 is 0 Å². The number of rotatable bonds is 4. The van der Waals surface area contributed by atoms with Gasteiger partial charge in [-0.1, -0.05) is 12.1 Å². The van der Waals surface area contributed by atoms with Crippen molar-refractivity contribution < 1.29 is 16.8 Å². The standard InChI is InChI=1S/C20H26N2O4S2/c1-14-7-8-15(2)18(11-14)21-28(25,26)20-13-16(3)19(12-17(20)4)22-9-5-6-10-27(22,23)24/h7-8,11-13,21H,5-6,9-10H2,1-4H3. The van der Waals surface area contributed by atoms with Crippen molar-refractivity contribution >= 4 is 31.4 Å². The summed E-state index contributed by atoms with van der Waals surface area (Å²) in [5.74, 6) is 0.125. The predicted octanol–water partition coefficient (Wildman–Crippen LogP) is 3.65. The van der Waals surface area contributed by atoms with Gasteiger partial charge in [-0.15, -0.1) is 0 Å². The molecule has 8 heteroatoms. The van der Waals surface area contributed by atoms with Gasteiger partial charge in [-0.3, -0.25) is 9.03 Å². The summed E-state index contributed by atoms with van der Waals surface area (Å²) in [5, 5.41) is 0. The lowest BCUT2D eigenvalue weighted by molar-refractivity contribution is 0.574. The van der Waals surface area contributed by atoms with Gasteiger partial charge in [0, 0.05) is 6.54 Å². The van der Waals surface area contributed by atoms with Gasteiger partial charge in [0.2, 0.25) is 10.0 Å². The molecule has 1 fully saturated rings. The number of hydrogen-bond donors (Lipinski definition) is 1. The van der Waals surface area contributed by atoms with E-state index in [9.17, 15) is 16.8 Å². The Morgan fingerprint density at radius 3 is 2.32 bits per heavy atom. The van der Waals surface area contributed by atoms with Crippen LogP contribution in [0.1, 0.15) is 35.1 Å². The van der Waals surface area contributed by atoms with E-state index in [1.807, 2.05) is 26.0 Å². The molecule has 1 aliphatic heterocycles. The van der Waals surface area contributed by atoms with Crippen molar-refractivity contribution in [2.75, 3.05) is 21.3 Å². The Labute approximate surface area is 167 Å². The lowest BCUT2D eigenvalue weighted by atomic mass is 10.1. The lowest BCUT2D eigenvalue weighted by Gasteiger charge is -2.30. The topological polar surface area (TPSA) is 83.6 Å². The molecule has 28 heavy (non-hydrogen) atoms. The third kappa shape index (κ3) is 4.03. The van der Waals surface area contributed by atoms with Crippen LogP contribution in [0.2, 0.25) is 0 Å². The van der Waals surface area contributed by atoms with Crippen LogP contribution in [0.4, 0.5) is 11.4 Å². The second-order valence-corrected chi connectivity index (χ2v) is 11.1. The predicted molar refractivity (Wildman–Crippen MR) is 113 cm³/mol. The number of benzene rings is 2. The summed E-state index contributed by atoms with van der Waals surface area (Å²) < 4.78 is 55.0. The average Bonchev–Trinajstić information content (AvgIpc) is 2.59. The van der Waals surface area contributed by atoms with E-state index in [1.165, 1.54) is 4.31 Å². The van der Waals surface area contributed by atoms with Crippen molar-refractivity contribution in [2.45, 2.75) is 45.4 Å². The van der Waals surface area contributed by atoms with Gasteiger partial charge in [0.05, 0.1) is 22.0 Å². The molecule has 2 aromatic carbocycles. The molecule has 1 saturated heterocycles. The minimum Gasteiger partial charge on any atom is -0.279 e. The van der Waals surface area contributed by atoms with Crippen molar-refractivity contribution in [3.05, 3.63) is 52.6 Å². The summed E-state index contributed by atoms with van der Waals surface area (Å²) in [6, 6.07) is 8.81. The van der Waals surface area contributed by atoms with Gasteiger partial charge in [-0.25, -0.2) is 16.8 Å². The van der Waals surface area contributed by atoms with Crippen LogP contribution in [0.15, 0.2) is 35.2 Å². The highest BCUT2D eigenvalue weighted by Crippen LogP contribution is 2.32. The van der Waals surface area contributed by atoms with Crippen LogP contribution in [0.3, 0.4) is 0 Å². The Bertz CT molecular complexity index is 1120. The maximum atomic E-state index is 13.0. The van der Waals surface area contributed by atoms with Gasteiger partial charge in [0.1, 0.15) is 0 Å². The molecule has 1 N–H and O–H groups in total. The monoisotopic (exact) mass is 422 g/mol. The first-order valence-electron chi connectivity index (χ1n) is 9.23. The molecule has 3 rings (SSSR count).